The van der Waals surface area contributed by atoms with Gasteiger partial charge in [-0.2, -0.15) is 0 Å². The minimum atomic E-state index is 0.423. The lowest BCUT2D eigenvalue weighted by Crippen LogP contribution is -2.35. The molecule has 0 heterocycles. The van der Waals surface area contributed by atoms with Crippen LogP contribution in [0.3, 0.4) is 0 Å². The molecule has 2 unspecified atom stereocenters. The van der Waals surface area contributed by atoms with Gasteiger partial charge in [-0.3, -0.25) is 0 Å². The highest BCUT2D eigenvalue weighted by Gasteiger charge is 2.32. The average molecular weight is 295 g/mol. The maximum absolute atomic E-state index is 6.17. The lowest BCUT2D eigenvalue weighted by atomic mass is 9.70. The zero-order valence-corrected chi connectivity index (χ0v) is 14.1. The van der Waals surface area contributed by atoms with Gasteiger partial charge in [-0.25, -0.2) is 0 Å². The summed E-state index contributed by atoms with van der Waals surface area (Å²) >= 11 is 6.17. The summed E-state index contributed by atoms with van der Waals surface area (Å²) in [5.41, 5.74) is 2.77. The van der Waals surface area contributed by atoms with Crippen LogP contribution >= 0.6 is 11.6 Å². The van der Waals surface area contributed by atoms with E-state index >= 15 is 0 Å². The Balaban J connectivity index is 2.19. The fraction of sp³-hybridized carbons (Fsp3) is 0.647. The summed E-state index contributed by atoms with van der Waals surface area (Å²) < 4.78 is 0. The van der Waals surface area contributed by atoms with Crippen LogP contribution in [0, 0.1) is 11.3 Å². The minimum absolute atomic E-state index is 0.423. The van der Waals surface area contributed by atoms with Crippen molar-refractivity contribution in [1.82, 2.24) is 0 Å². The van der Waals surface area contributed by atoms with Gasteiger partial charge in [0.05, 0.1) is 11.4 Å². The maximum atomic E-state index is 6.17. The molecule has 1 aliphatic carbocycles. The van der Waals surface area contributed by atoms with Crippen LogP contribution in [0.15, 0.2) is 18.2 Å². The number of rotatable bonds is 3. The summed E-state index contributed by atoms with van der Waals surface area (Å²) in [7, 11) is 4.14. The minimum Gasteiger partial charge on any atom is -0.381 e. The maximum Gasteiger partial charge on any atom is 0.0597 e. The SMILES string of the molecule is CC1CC(Nc2cc(Cl)ccc2N(C)C)CC(C)(C)C1. The largest absolute Gasteiger partial charge is 0.381 e. The van der Waals surface area contributed by atoms with E-state index in [0.717, 1.165) is 16.6 Å². The molecule has 1 fully saturated rings. The molecule has 2 nitrogen and oxygen atoms in total. The van der Waals surface area contributed by atoms with Crippen LogP contribution in [0.4, 0.5) is 11.4 Å². The van der Waals surface area contributed by atoms with Crippen molar-refractivity contribution < 1.29 is 0 Å². The first kappa shape index (κ1) is 15.5. The van der Waals surface area contributed by atoms with E-state index in [1.54, 1.807) is 0 Å². The standard InChI is InChI=1S/C17H27ClN2/c1-12-8-14(11-17(2,3)10-12)19-15-9-13(18)6-7-16(15)20(4)5/h6-7,9,12,14,19H,8,10-11H2,1-5H3. The normalized spacial score (nSPS) is 25.3. The number of halogens is 1. The zero-order valence-electron chi connectivity index (χ0n) is 13.3. The summed E-state index contributed by atoms with van der Waals surface area (Å²) in [5.74, 6) is 0.776. The molecule has 1 aromatic carbocycles. The van der Waals surface area contributed by atoms with Gasteiger partial charge in [0, 0.05) is 25.2 Å². The van der Waals surface area contributed by atoms with Crippen molar-refractivity contribution in [2.24, 2.45) is 11.3 Å². The van der Waals surface area contributed by atoms with Gasteiger partial charge in [0.25, 0.3) is 0 Å². The van der Waals surface area contributed by atoms with E-state index < -0.39 is 0 Å². The summed E-state index contributed by atoms with van der Waals surface area (Å²) in [6.45, 7) is 7.12. The molecule has 0 aliphatic heterocycles. The first-order chi connectivity index (χ1) is 9.27. The third-order valence-corrected chi connectivity index (χ3v) is 4.42. The number of nitrogens with zero attached hydrogens (tertiary/aromatic N) is 1. The van der Waals surface area contributed by atoms with Gasteiger partial charge >= 0.3 is 0 Å². The Bertz CT molecular complexity index is 468. The van der Waals surface area contributed by atoms with Crippen molar-refractivity contribution in [2.45, 2.75) is 46.1 Å². The lowest BCUT2D eigenvalue weighted by molar-refractivity contribution is 0.178. The Labute approximate surface area is 128 Å². The molecule has 1 N–H and O–H groups in total. The predicted molar refractivity (Wildman–Crippen MR) is 90.0 cm³/mol. The number of hydrogen-bond donors (Lipinski definition) is 1. The second-order valence-corrected chi connectivity index (χ2v) is 7.75. The number of hydrogen-bond acceptors (Lipinski definition) is 2. The lowest BCUT2D eigenvalue weighted by Gasteiger charge is -2.40. The quantitative estimate of drug-likeness (QED) is 0.841. The molecule has 0 amide bonds. The van der Waals surface area contributed by atoms with E-state index in [1.165, 1.54) is 24.9 Å². The van der Waals surface area contributed by atoms with Crippen LogP contribution in [0.5, 0.6) is 0 Å². The molecule has 0 bridgehead atoms. The molecule has 0 saturated heterocycles. The summed E-state index contributed by atoms with van der Waals surface area (Å²) in [4.78, 5) is 2.13. The summed E-state index contributed by atoms with van der Waals surface area (Å²) in [6, 6.07) is 6.62. The molecule has 2 atom stereocenters. The van der Waals surface area contributed by atoms with Gasteiger partial charge in [-0.05, 0) is 48.8 Å². The second-order valence-electron chi connectivity index (χ2n) is 7.31. The molecular weight excluding hydrogens is 268 g/mol. The van der Waals surface area contributed by atoms with Crippen molar-refractivity contribution in [2.75, 3.05) is 24.3 Å². The van der Waals surface area contributed by atoms with Gasteiger partial charge in [0.1, 0.15) is 0 Å². The van der Waals surface area contributed by atoms with E-state index in [2.05, 4.69) is 51.1 Å². The fourth-order valence-electron chi connectivity index (χ4n) is 3.69. The Morgan fingerprint density at radius 1 is 1.25 bits per heavy atom. The molecule has 112 valence electrons. The number of benzene rings is 1. The number of nitrogens with one attached hydrogen (secondary N) is 1. The van der Waals surface area contributed by atoms with Crippen molar-refractivity contribution in [3.8, 4) is 0 Å². The summed E-state index contributed by atoms with van der Waals surface area (Å²) in [6.07, 6.45) is 3.78. The van der Waals surface area contributed by atoms with Gasteiger partial charge in [0.15, 0.2) is 0 Å². The second kappa shape index (κ2) is 5.85. The van der Waals surface area contributed by atoms with Gasteiger partial charge < -0.3 is 10.2 Å². The molecular formula is C17H27ClN2. The Kier molecular flexibility index (Phi) is 4.53. The predicted octanol–water partition coefficient (Wildman–Crippen LogP) is 5.03. The molecule has 1 saturated carbocycles. The Morgan fingerprint density at radius 2 is 1.95 bits per heavy atom. The molecule has 1 aliphatic rings. The van der Waals surface area contributed by atoms with E-state index in [4.69, 9.17) is 11.6 Å². The van der Waals surface area contributed by atoms with Crippen molar-refractivity contribution >= 4 is 23.0 Å². The van der Waals surface area contributed by atoms with Crippen molar-refractivity contribution in [1.29, 1.82) is 0 Å². The third kappa shape index (κ3) is 3.82. The molecule has 0 aromatic heterocycles. The van der Waals surface area contributed by atoms with E-state index in [-0.39, 0.29) is 0 Å². The Morgan fingerprint density at radius 3 is 2.55 bits per heavy atom. The Hall–Kier alpha value is -0.890. The third-order valence-electron chi connectivity index (χ3n) is 4.19. The van der Waals surface area contributed by atoms with E-state index in [9.17, 15) is 0 Å². The van der Waals surface area contributed by atoms with Crippen molar-refractivity contribution in [3.63, 3.8) is 0 Å². The van der Waals surface area contributed by atoms with E-state index in [0.29, 0.717) is 11.5 Å². The smallest absolute Gasteiger partial charge is 0.0597 e. The monoisotopic (exact) mass is 294 g/mol. The highest BCUT2D eigenvalue weighted by atomic mass is 35.5. The average Bonchev–Trinajstić information content (AvgIpc) is 2.25. The molecule has 3 heteroatoms. The highest BCUT2D eigenvalue weighted by Crippen LogP contribution is 2.40. The first-order valence-electron chi connectivity index (χ1n) is 7.50. The van der Waals surface area contributed by atoms with E-state index in [1.807, 2.05) is 12.1 Å². The van der Waals surface area contributed by atoms with Crippen LogP contribution in [-0.4, -0.2) is 20.1 Å². The van der Waals surface area contributed by atoms with Gasteiger partial charge in [-0.1, -0.05) is 32.4 Å². The van der Waals surface area contributed by atoms with Gasteiger partial charge in [0.2, 0.25) is 0 Å². The first-order valence-corrected chi connectivity index (χ1v) is 7.88. The summed E-state index contributed by atoms with van der Waals surface area (Å²) in [5, 5.41) is 4.52. The van der Waals surface area contributed by atoms with Crippen LogP contribution in [0.1, 0.15) is 40.0 Å². The molecule has 2 rings (SSSR count). The van der Waals surface area contributed by atoms with Crippen LogP contribution in [0.2, 0.25) is 5.02 Å². The fourth-order valence-corrected chi connectivity index (χ4v) is 3.86. The van der Waals surface area contributed by atoms with Crippen LogP contribution in [0.25, 0.3) is 0 Å². The van der Waals surface area contributed by atoms with Crippen LogP contribution in [-0.2, 0) is 0 Å². The number of anilines is 2. The van der Waals surface area contributed by atoms with Crippen LogP contribution < -0.4 is 10.2 Å². The zero-order chi connectivity index (χ0) is 14.9. The molecule has 0 radical (unpaired) electrons. The molecule has 0 spiro atoms. The van der Waals surface area contributed by atoms with Gasteiger partial charge in [-0.15, -0.1) is 0 Å². The topological polar surface area (TPSA) is 15.3 Å². The van der Waals surface area contributed by atoms with Crippen molar-refractivity contribution in [3.05, 3.63) is 23.2 Å². The molecule has 20 heavy (non-hydrogen) atoms. The molecule has 1 aromatic rings. The highest BCUT2D eigenvalue weighted by molar-refractivity contribution is 6.31.